The van der Waals surface area contributed by atoms with Crippen LogP contribution in [0.4, 0.5) is 5.69 Å². The number of aryl methyl sites for hydroxylation is 2. The predicted octanol–water partition coefficient (Wildman–Crippen LogP) is 6.53. The summed E-state index contributed by atoms with van der Waals surface area (Å²) in [4.78, 5) is 29.6. The lowest BCUT2D eigenvalue weighted by molar-refractivity contribution is -0.140. The van der Waals surface area contributed by atoms with Crippen molar-refractivity contribution in [3.63, 3.8) is 0 Å². The van der Waals surface area contributed by atoms with Crippen LogP contribution in [0.2, 0.25) is 0 Å². The van der Waals surface area contributed by atoms with Crippen molar-refractivity contribution in [3.8, 4) is 5.75 Å². The largest absolute Gasteiger partial charge is 0.496 e. The highest BCUT2D eigenvalue weighted by molar-refractivity contribution is 9.10. The number of ether oxygens (including phenoxy) is 1. The normalized spacial score (nSPS) is 14.5. The molecule has 0 unspecified atom stereocenters. The lowest BCUT2D eigenvalue weighted by Gasteiger charge is -2.34. The van der Waals surface area contributed by atoms with Crippen molar-refractivity contribution in [2.75, 3.05) is 18.0 Å². The molecular weight excluding hydrogens is 642 g/mol. The molecule has 0 aromatic heterocycles. The first-order chi connectivity index (χ1) is 21.0. The van der Waals surface area contributed by atoms with Gasteiger partial charge in [-0.15, -0.1) is 0 Å². The summed E-state index contributed by atoms with van der Waals surface area (Å²) in [6.07, 6.45) is 5.53. The van der Waals surface area contributed by atoms with Crippen LogP contribution in [0.25, 0.3) is 0 Å². The zero-order valence-corrected chi connectivity index (χ0v) is 28.3. The van der Waals surface area contributed by atoms with Crippen LogP contribution >= 0.6 is 15.9 Å². The van der Waals surface area contributed by atoms with E-state index in [9.17, 15) is 18.0 Å². The summed E-state index contributed by atoms with van der Waals surface area (Å²) >= 11 is 3.39. The molecule has 44 heavy (non-hydrogen) atoms. The Hall–Kier alpha value is -3.37. The third-order valence-electron chi connectivity index (χ3n) is 8.25. The van der Waals surface area contributed by atoms with Crippen LogP contribution in [0.1, 0.15) is 62.1 Å². The van der Waals surface area contributed by atoms with Crippen molar-refractivity contribution in [2.45, 2.75) is 82.8 Å². The Bertz CT molecular complexity index is 1560. The maximum atomic E-state index is 14.4. The number of hydrogen-bond donors (Lipinski definition) is 1. The number of halogens is 1. The average molecular weight is 685 g/mol. The van der Waals surface area contributed by atoms with Crippen LogP contribution in [0.3, 0.4) is 0 Å². The summed E-state index contributed by atoms with van der Waals surface area (Å²) in [5.41, 5.74) is 3.19. The fraction of sp³-hybridized carbons (Fsp3) is 0.412. The summed E-state index contributed by atoms with van der Waals surface area (Å²) in [5.74, 6) is -0.179. The van der Waals surface area contributed by atoms with E-state index in [4.69, 9.17) is 4.74 Å². The third kappa shape index (κ3) is 8.01. The molecule has 1 N–H and O–H groups in total. The first-order valence-electron chi connectivity index (χ1n) is 15.1. The Morgan fingerprint density at radius 2 is 1.68 bits per heavy atom. The minimum atomic E-state index is -4.20. The van der Waals surface area contributed by atoms with Gasteiger partial charge in [-0.2, -0.15) is 0 Å². The average Bonchev–Trinajstić information content (AvgIpc) is 3.01. The van der Waals surface area contributed by atoms with Crippen molar-refractivity contribution in [1.29, 1.82) is 0 Å². The zero-order chi connectivity index (χ0) is 31.9. The molecule has 0 aliphatic heterocycles. The summed E-state index contributed by atoms with van der Waals surface area (Å²) in [6, 6.07) is 18.5. The van der Waals surface area contributed by atoms with Gasteiger partial charge in [0.05, 0.1) is 22.2 Å². The van der Waals surface area contributed by atoms with E-state index in [1.54, 1.807) is 23.1 Å². The fourth-order valence-electron chi connectivity index (χ4n) is 5.61. The first kappa shape index (κ1) is 33.5. The molecule has 1 aliphatic carbocycles. The zero-order valence-electron chi connectivity index (χ0n) is 25.9. The number of carbonyl (C=O) groups is 2. The molecule has 1 saturated carbocycles. The molecule has 4 rings (SSSR count). The molecule has 3 aromatic rings. The standard InChI is InChI=1S/C34H42BrN3O5S/c1-5-31(34(40)36-27-13-7-6-8-14-27)37(22-26-12-10-9-11-25(26)3)33(39)23-38(28-17-15-24(2)16-18-28)44(41,42)29-19-20-32(43-4)30(35)21-29/h9-12,15-21,27,31H,5-8,13-14,22-23H2,1-4H3,(H,36,40)/t31-/m0/s1. The van der Waals surface area contributed by atoms with E-state index in [-0.39, 0.29) is 23.4 Å². The minimum absolute atomic E-state index is 0.00564. The van der Waals surface area contributed by atoms with Crippen molar-refractivity contribution in [3.05, 3.63) is 87.9 Å². The third-order valence-corrected chi connectivity index (χ3v) is 10.6. The number of nitrogens with one attached hydrogen (secondary N) is 1. The van der Waals surface area contributed by atoms with Crippen LogP contribution < -0.4 is 14.4 Å². The molecule has 0 radical (unpaired) electrons. The maximum absolute atomic E-state index is 14.4. The van der Waals surface area contributed by atoms with Crippen LogP contribution in [-0.4, -0.2) is 50.9 Å². The van der Waals surface area contributed by atoms with E-state index < -0.39 is 28.5 Å². The number of anilines is 1. The van der Waals surface area contributed by atoms with Gasteiger partial charge >= 0.3 is 0 Å². The van der Waals surface area contributed by atoms with Crippen LogP contribution in [0, 0.1) is 13.8 Å². The second-order valence-corrected chi connectivity index (χ2v) is 14.1. The Balaban J connectivity index is 1.73. The SMILES string of the molecule is CC[C@@H](C(=O)NC1CCCCC1)N(Cc1ccccc1C)C(=O)CN(c1ccc(C)cc1)S(=O)(=O)c1ccc(OC)c(Br)c1. The van der Waals surface area contributed by atoms with Crippen LogP contribution in [-0.2, 0) is 26.2 Å². The number of methoxy groups -OCH3 is 1. The summed E-state index contributed by atoms with van der Waals surface area (Å²) in [6.45, 7) is 5.46. The molecule has 0 bridgehead atoms. The number of nitrogens with zero attached hydrogens (tertiary/aromatic N) is 2. The van der Waals surface area contributed by atoms with Gasteiger partial charge in [-0.1, -0.05) is 68.1 Å². The van der Waals surface area contributed by atoms with Crippen LogP contribution in [0.5, 0.6) is 5.75 Å². The van der Waals surface area contributed by atoms with Gasteiger partial charge in [0, 0.05) is 12.6 Å². The first-order valence-corrected chi connectivity index (χ1v) is 17.4. The predicted molar refractivity (Wildman–Crippen MR) is 177 cm³/mol. The molecule has 2 amide bonds. The van der Waals surface area contributed by atoms with Crippen molar-refractivity contribution in [1.82, 2.24) is 10.2 Å². The second kappa shape index (κ2) is 15.1. The molecular formula is C34H42BrN3O5S. The fourth-order valence-corrected chi connectivity index (χ4v) is 7.74. The van der Waals surface area contributed by atoms with Gasteiger partial charge in [0.25, 0.3) is 10.0 Å². The second-order valence-electron chi connectivity index (χ2n) is 11.4. The lowest BCUT2D eigenvalue weighted by atomic mass is 9.95. The number of rotatable bonds is 12. The monoisotopic (exact) mass is 683 g/mol. The van der Waals surface area contributed by atoms with Crippen molar-refractivity contribution in [2.24, 2.45) is 0 Å². The molecule has 0 spiro atoms. The minimum Gasteiger partial charge on any atom is -0.496 e. The van der Waals surface area contributed by atoms with E-state index >= 15 is 0 Å². The summed E-state index contributed by atoms with van der Waals surface area (Å²) < 4.78 is 35.3. The Morgan fingerprint density at radius 3 is 2.30 bits per heavy atom. The highest BCUT2D eigenvalue weighted by Gasteiger charge is 2.35. The lowest BCUT2D eigenvalue weighted by Crippen LogP contribution is -2.54. The maximum Gasteiger partial charge on any atom is 0.264 e. The van der Waals surface area contributed by atoms with E-state index in [1.807, 2.05) is 57.2 Å². The van der Waals surface area contributed by atoms with Gasteiger partial charge in [-0.3, -0.25) is 13.9 Å². The van der Waals surface area contributed by atoms with Gasteiger partial charge in [0.2, 0.25) is 11.8 Å². The Morgan fingerprint density at radius 1 is 1.00 bits per heavy atom. The summed E-state index contributed by atoms with van der Waals surface area (Å²) in [5, 5.41) is 3.19. The van der Waals surface area contributed by atoms with E-state index in [2.05, 4.69) is 21.2 Å². The number of amides is 2. The highest BCUT2D eigenvalue weighted by atomic mass is 79.9. The van der Waals surface area contributed by atoms with Crippen molar-refractivity contribution >= 4 is 43.5 Å². The molecule has 0 heterocycles. The molecule has 1 atom stereocenters. The van der Waals surface area contributed by atoms with Gasteiger partial charge < -0.3 is 15.0 Å². The quantitative estimate of drug-likeness (QED) is 0.234. The van der Waals surface area contributed by atoms with Gasteiger partial charge in [-0.05, 0) is 90.5 Å². The Kier molecular flexibility index (Phi) is 11.5. The van der Waals surface area contributed by atoms with Crippen LogP contribution in [0.15, 0.2) is 76.1 Å². The number of carbonyl (C=O) groups excluding carboxylic acids is 2. The van der Waals surface area contributed by atoms with Gasteiger partial charge in [0.1, 0.15) is 18.3 Å². The van der Waals surface area contributed by atoms with E-state index in [0.29, 0.717) is 22.3 Å². The molecule has 236 valence electrons. The molecule has 8 nitrogen and oxygen atoms in total. The Labute approximate surface area is 270 Å². The smallest absolute Gasteiger partial charge is 0.264 e. The molecule has 0 saturated heterocycles. The molecule has 1 fully saturated rings. The van der Waals surface area contributed by atoms with Crippen molar-refractivity contribution < 1.29 is 22.7 Å². The van der Waals surface area contributed by atoms with Gasteiger partial charge in [0.15, 0.2) is 0 Å². The highest BCUT2D eigenvalue weighted by Crippen LogP contribution is 2.31. The number of benzene rings is 3. The van der Waals surface area contributed by atoms with E-state index in [0.717, 1.165) is 53.1 Å². The molecule has 3 aromatic carbocycles. The number of hydrogen-bond acceptors (Lipinski definition) is 5. The topological polar surface area (TPSA) is 96.0 Å². The molecule has 1 aliphatic rings. The van der Waals surface area contributed by atoms with E-state index in [1.165, 1.54) is 19.2 Å². The van der Waals surface area contributed by atoms with Gasteiger partial charge in [-0.25, -0.2) is 8.42 Å². The number of sulfonamides is 1. The summed E-state index contributed by atoms with van der Waals surface area (Å²) in [7, 11) is -2.70. The molecule has 10 heteroatoms.